The molecule has 3 aromatic rings. The maximum absolute atomic E-state index is 13.6. The van der Waals surface area contributed by atoms with Crippen LogP contribution < -0.4 is 25.5 Å². The first-order valence-corrected chi connectivity index (χ1v) is 15.6. The summed E-state index contributed by atoms with van der Waals surface area (Å²) in [5, 5.41) is 12.3. The van der Waals surface area contributed by atoms with Gasteiger partial charge in [-0.25, -0.2) is 4.99 Å². The third kappa shape index (κ3) is 8.70. The van der Waals surface area contributed by atoms with Crippen LogP contribution in [0.3, 0.4) is 0 Å². The van der Waals surface area contributed by atoms with Crippen LogP contribution in [-0.2, 0) is 4.79 Å². The van der Waals surface area contributed by atoms with Gasteiger partial charge in [0.15, 0.2) is 0 Å². The van der Waals surface area contributed by atoms with Crippen LogP contribution in [0.2, 0.25) is 0 Å². The summed E-state index contributed by atoms with van der Waals surface area (Å²) in [6.45, 7) is 1.06. The van der Waals surface area contributed by atoms with Crippen molar-refractivity contribution in [3.63, 3.8) is 0 Å². The van der Waals surface area contributed by atoms with Gasteiger partial charge in [-0.1, -0.05) is 49.2 Å². The lowest BCUT2D eigenvalue weighted by atomic mass is 9.87. The van der Waals surface area contributed by atoms with Gasteiger partial charge in [0.2, 0.25) is 17.8 Å². The Bertz CT molecular complexity index is 1760. The fourth-order valence-corrected chi connectivity index (χ4v) is 5.71. The molecule has 1 unspecified atom stereocenters. The van der Waals surface area contributed by atoms with Gasteiger partial charge in [-0.2, -0.15) is 14.0 Å². The van der Waals surface area contributed by atoms with E-state index in [-0.39, 0.29) is 29.7 Å². The summed E-state index contributed by atoms with van der Waals surface area (Å²) < 4.78 is 28.9. The van der Waals surface area contributed by atoms with Gasteiger partial charge in [-0.15, -0.1) is 0 Å². The molecule has 2 aromatic carbocycles. The number of amides is 1. The van der Waals surface area contributed by atoms with Crippen molar-refractivity contribution in [2.75, 3.05) is 19.1 Å². The number of aliphatic imine (C=N–C) groups is 1. The second-order valence-electron chi connectivity index (χ2n) is 11.3. The minimum absolute atomic E-state index is 0.0397. The number of carbonyl (C=O) groups excluding carboxylic acids is 1. The van der Waals surface area contributed by atoms with Gasteiger partial charge in [-0.05, 0) is 62.1 Å². The van der Waals surface area contributed by atoms with Crippen LogP contribution in [0.1, 0.15) is 67.3 Å². The number of hydrogen-bond donors (Lipinski definition) is 2. The summed E-state index contributed by atoms with van der Waals surface area (Å²) in [7, 11) is 3.51. The Balaban J connectivity index is 1.82. The third-order valence-corrected chi connectivity index (χ3v) is 7.97. The van der Waals surface area contributed by atoms with Gasteiger partial charge < -0.3 is 16.0 Å². The van der Waals surface area contributed by atoms with Crippen LogP contribution in [0.25, 0.3) is 11.1 Å². The molecule has 0 fully saturated rings. The van der Waals surface area contributed by atoms with Crippen LogP contribution in [0, 0.1) is 18.3 Å². The zero-order chi connectivity index (χ0) is 33.9. The summed E-state index contributed by atoms with van der Waals surface area (Å²) >= 11 is 0. The number of aryl methyl sites for hydroxylation is 1. The number of nitrogens with zero attached hydrogens (tertiary/aromatic N) is 4. The van der Waals surface area contributed by atoms with E-state index < -0.39 is 6.55 Å². The fraction of sp³-hybridized carbons (Fsp3) is 0.297. The number of halogens is 2. The van der Waals surface area contributed by atoms with Crippen molar-refractivity contribution in [1.29, 1.82) is 5.26 Å². The molecule has 1 aliphatic heterocycles. The molecule has 1 aliphatic rings. The highest BCUT2D eigenvalue weighted by Crippen LogP contribution is 2.34. The molecule has 1 atom stereocenters. The summed E-state index contributed by atoms with van der Waals surface area (Å²) in [6, 6.07) is 19.7. The Labute approximate surface area is 275 Å². The van der Waals surface area contributed by atoms with Crippen LogP contribution in [0.15, 0.2) is 102 Å². The molecule has 0 aliphatic carbocycles. The molecular weight excluding hydrogens is 598 g/mol. The van der Waals surface area contributed by atoms with Gasteiger partial charge in [-0.3, -0.25) is 9.63 Å². The number of hydrogen-bond acceptors (Lipinski definition) is 6. The van der Waals surface area contributed by atoms with E-state index in [9.17, 15) is 18.8 Å². The topological polar surface area (TPSA) is 108 Å². The molecule has 0 spiro atoms. The molecule has 2 heterocycles. The van der Waals surface area contributed by atoms with Gasteiger partial charge in [0.05, 0.1) is 28.5 Å². The van der Waals surface area contributed by atoms with Gasteiger partial charge in [0.1, 0.15) is 13.2 Å². The molecule has 47 heavy (non-hydrogen) atoms. The van der Waals surface area contributed by atoms with Gasteiger partial charge >= 0.3 is 6.55 Å². The Kier molecular flexibility index (Phi) is 12.0. The Morgan fingerprint density at radius 3 is 2.72 bits per heavy atom. The third-order valence-electron chi connectivity index (χ3n) is 7.97. The Hall–Kier alpha value is -5.30. The number of anilines is 1. The second-order valence-corrected chi connectivity index (χ2v) is 11.3. The molecule has 8 nitrogen and oxygen atoms in total. The average molecular weight is 640 g/mol. The molecular formula is C37H41F2N6O2+. The SMILES string of the molecule is CC/C=C/C(C#N)=C\N(C)c1ccc(C)cc1-c1ccc(C2CCCCC(=O)NC(=C/N)/C(=N/C(F)F)c3cccc2c3)[n+](OC)c1. The van der Waals surface area contributed by atoms with Crippen molar-refractivity contribution in [2.24, 2.45) is 10.7 Å². The molecule has 0 radical (unpaired) electrons. The monoisotopic (exact) mass is 639 g/mol. The van der Waals surface area contributed by atoms with Crippen molar-refractivity contribution < 1.29 is 23.1 Å². The lowest BCUT2D eigenvalue weighted by Gasteiger charge is -2.21. The summed E-state index contributed by atoms with van der Waals surface area (Å²) in [4.78, 5) is 24.1. The molecule has 244 valence electrons. The maximum Gasteiger partial charge on any atom is 0.332 e. The van der Waals surface area contributed by atoms with Crippen molar-refractivity contribution in [2.45, 2.75) is 58.4 Å². The number of fused-ring (bicyclic) bond motifs is 2. The number of aromatic nitrogens is 1. The highest BCUT2D eigenvalue weighted by Gasteiger charge is 2.28. The van der Waals surface area contributed by atoms with E-state index in [0.717, 1.165) is 52.7 Å². The standard InChI is InChI=1S/C37H40F2N6O2/c1-5-6-10-26(21-40)23-44(3)33-17-15-25(2)19-31(33)29-16-18-34(45(24-29)47-4)30-13-7-8-14-35(46)42-32(22-41)36(43-37(38)39)28-12-9-11-27(30)20-28/h6,9-12,15-20,22-24,30,37H,5,7-8,13-14H2,1-4H3,(H2-,41,42,43,46)/p+1/b10-6+,26-23+. The van der Waals surface area contributed by atoms with E-state index in [0.29, 0.717) is 24.0 Å². The predicted molar refractivity (Wildman–Crippen MR) is 181 cm³/mol. The Morgan fingerprint density at radius 1 is 1.21 bits per heavy atom. The largest absolute Gasteiger partial charge is 0.403 e. The molecule has 0 saturated heterocycles. The number of pyridine rings is 1. The van der Waals surface area contributed by atoms with Gasteiger partial charge in [0, 0.05) is 53.5 Å². The van der Waals surface area contributed by atoms with Crippen LogP contribution in [0.5, 0.6) is 0 Å². The van der Waals surface area contributed by atoms with Gasteiger partial charge in [0.25, 0.3) is 0 Å². The van der Waals surface area contributed by atoms with E-state index in [1.807, 2.05) is 86.7 Å². The highest BCUT2D eigenvalue weighted by molar-refractivity contribution is 6.14. The second kappa shape index (κ2) is 16.3. The molecule has 3 N–H and O–H groups in total. The van der Waals surface area contributed by atoms with Crippen LogP contribution in [-0.4, -0.2) is 32.3 Å². The Morgan fingerprint density at radius 2 is 2.02 bits per heavy atom. The van der Waals surface area contributed by atoms with E-state index in [2.05, 4.69) is 22.4 Å². The van der Waals surface area contributed by atoms with E-state index >= 15 is 0 Å². The number of alkyl halides is 2. The molecule has 1 amide bonds. The van der Waals surface area contributed by atoms with E-state index in [1.54, 1.807) is 24.0 Å². The van der Waals surface area contributed by atoms with Crippen molar-refractivity contribution in [1.82, 2.24) is 5.32 Å². The van der Waals surface area contributed by atoms with Crippen molar-refractivity contribution >= 4 is 17.3 Å². The van der Waals surface area contributed by atoms with E-state index in [1.165, 1.54) is 0 Å². The maximum atomic E-state index is 13.6. The summed E-state index contributed by atoms with van der Waals surface area (Å²) in [5.41, 5.74) is 12.3. The average Bonchev–Trinajstić information content (AvgIpc) is 3.07. The molecule has 2 bridgehead atoms. The number of allylic oxidation sites excluding steroid dienone is 4. The van der Waals surface area contributed by atoms with Crippen molar-refractivity contribution in [3.05, 3.63) is 119 Å². The number of benzene rings is 2. The van der Waals surface area contributed by atoms with Crippen molar-refractivity contribution in [3.8, 4) is 17.2 Å². The minimum atomic E-state index is -2.99. The quantitative estimate of drug-likeness (QED) is 0.128. The minimum Gasteiger partial charge on any atom is -0.403 e. The lowest BCUT2D eigenvalue weighted by Crippen LogP contribution is -2.45. The smallest absolute Gasteiger partial charge is 0.332 e. The molecule has 10 heteroatoms. The fourth-order valence-electron chi connectivity index (χ4n) is 5.71. The van der Waals surface area contributed by atoms with Crippen LogP contribution in [0.4, 0.5) is 14.5 Å². The number of nitrogens with one attached hydrogen (secondary N) is 1. The number of carbonyl (C=O) groups is 1. The predicted octanol–water partition coefficient (Wildman–Crippen LogP) is 6.45. The first kappa shape index (κ1) is 34.6. The number of nitrogens with two attached hydrogens (primary N) is 1. The van der Waals surface area contributed by atoms with E-state index in [4.69, 9.17) is 10.6 Å². The molecule has 4 rings (SSSR count). The number of nitriles is 1. The first-order chi connectivity index (χ1) is 22.7. The summed E-state index contributed by atoms with van der Waals surface area (Å²) in [5.74, 6) is -0.499. The zero-order valence-corrected chi connectivity index (χ0v) is 27.2. The first-order valence-electron chi connectivity index (χ1n) is 15.6. The normalized spacial score (nSPS) is 17.7. The molecule has 1 aromatic heterocycles. The lowest BCUT2D eigenvalue weighted by molar-refractivity contribution is -0.890. The molecule has 0 saturated carbocycles. The van der Waals surface area contributed by atoms with Crippen LogP contribution >= 0.6 is 0 Å². The summed E-state index contributed by atoms with van der Waals surface area (Å²) in [6.07, 6.45) is 11.7. The highest BCUT2D eigenvalue weighted by atomic mass is 19.3. The zero-order valence-electron chi connectivity index (χ0n) is 27.2. The number of rotatable bonds is 8.